The summed E-state index contributed by atoms with van der Waals surface area (Å²) in [7, 11) is 1.32. The number of imidazole rings is 1. The Kier molecular flexibility index (Phi) is 4.93. The first-order valence-electron chi connectivity index (χ1n) is 9.20. The van der Waals surface area contributed by atoms with Crippen molar-refractivity contribution < 1.29 is 14.3 Å². The van der Waals surface area contributed by atoms with E-state index in [1.165, 1.54) is 13.4 Å². The molecule has 0 saturated carbocycles. The van der Waals surface area contributed by atoms with Crippen LogP contribution in [0.5, 0.6) is 5.75 Å². The van der Waals surface area contributed by atoms with Crippen molar-refractivity contribution in [3.63, 3.8) is 0 Å². The first-order valence-corrected chi connectivity index (χ1v) is 9.20. The Balaban J connectivity index is 1.83. The number of nitrogens with zero attached hydrogens (tertiary/aromatic N) is 2. The van der Waals surface area contributed by atoms with Crippen molar-refractivity contribution in [1.82, 2.24) is 19.9 Å². The highest BCUT2D eigenvalue weighted by Gasteiger charge is 2.15. The predicted molar refractivity (Wildman–Crippen MR) is 112 cm³/mol. The van der Waals surface area contributed by atoms with Crippen molar-refractivity contribution in [3.05, 3.63) is 58.6 Å². The summed E-state index contributed by atoms with van der Waals surface area (Å²) < 4.78 is 10.6. The number of fused-ring (bicyclic) bond motifs is 1. The summed E-state index contributed by atoms with van der Waals surface area (Å²) >= 11 is 0. The van der Waals surface area contributed by atoms with Crippen LogP contribution in [0.1, 0.15) is 17.3 Å². The summed E-state index contributed by atoms with van der Waals surface area (Å²) in [5.41, 5.74) is 9.17. The fraction of sp³-hybridized carbons (Fsp3) is 0.143. The molecule has 30 heavy (non-hydrogen) atoms. The van der Waals surface area contributed by atoms with Crippen LogP contribution in [0, 0.1) is 0 Å². The number of anilines is 1. The summed E-state index contributed by atoms with van der Waals surface area (Å²) in [5, 5.41) is 0. The van der Waals surface area contributed by atoms with E-state index >= 15 is 0 Å². The minimum absolute atomic E-state index is 0.239. The molecule has 0 spiro atoms. The van der Waals surface area contributed by atoms with Gasteiger partial charge in [0.05, 0.1) is 31.2 Å². The van der Waals surface area contributed by atoms with Gasteiger partial charge in [0.25, 0.3) is 5.56 Å². The summed E-state index contributed by atoms with van der Waals surface area (Å²) in [6.45, 7) is 2.28. The van der Waals surface area contributed by atoms with Gasteiger partial charge in [-0.2, -0.15) is 0 Å². The molecule has 0 unspecified atom stereocenters. The van der Waals surface area contributed by atoms with Crippen molar-refractivity contribution in [2.24, 2.45) is 0 Å². The quantitative estimate of drug-likeness (QED) is 0.343. The number of aromatic nitrogens is 4. The molecular weight excluding hydrogens is 386 g/mol. The molecule has 0 radical (unpaired) electrons. The highest BCUT2D eigenvalue weighted by atomic mass is 16.5. The van der Waals surface area contributed by atoms with Crippen LogP contribution in [0.15, 0.2) is 47.5 Å². The molecule has 4 rings (SSSR count). The topological polar surface area (TPSA) is 136 Å². The van der Waals surface area contributed by atoms with Crippen LogP contribution in [0.2, 0.25) is 0 Å². The van der Waals surface area contributed by atoms with Crippen LogP contribution in [0.4, 0.5) is 5.69 Å². The van der Waals surface area contributed by atoms with Gasteiger partial charge in [-0.25, -0.2) is 14.8 Å². The maximum atomic E-state index is 12.3. The van der Waals surface area contributed by atoms with E-state index in [4.69, 9.17) is 15.2 Å². The molecule has 152 valence electrons. The standard InChI is InChI=1S/C21H19N5O4/c1-3-30-16-9-11(12-6-13(21(28)29-2)8-14(22)7-12)4-5-15(16)18-25-19-17(20(27)26-18)23-10-24-19/h4-10H,3,22H2,1-2H3,(H2,23,24,25,26,27). The highest BCUT2D eigenvalue weighted by Crippen LogP contribution is 2.34. The molecule has 0 saturated heterocycles. The predicted octanol–water partition coefficient (Wildman–Crippen LogP) is 2.75. The third-order valence-corrected chi connectivity index (χ3v) is 4.54. The fourth-order valence-electron chi connectivity index (χ4n) is 3.20. The molecule has 0 fully saturated rings. The first-order chi connectivity index (χ1) is 14.5. The lowest BCUT2D eigenvalue weighted by molar-refractivity contribution is 0.0601. The third-order valence-electron chi connectivity index (χ3n) is 4.54. The molecular formula is C21H19N5O4. The van der Waals surface area contributed by atoms with Crippen molar-refractivity contribution >= 4 is 22.8 Å². The lowest BCUT2D eigenvalue weighted by Gasteiger charge is -2.13. The van der Waals surface area contributed by atoms with Crippen LogP contribution in [-0.2, 0) is 4.74 Å². The van der Waals surface area contributed by atoms with E-state index in [0.717, 1.165) is 11.1 Å². The number of aromatic amines is 2. The summed E-state index contributed by atoms with van der Waals surface area (Å²) in [5.74, 6) is 0.411. The third kappa shape index (κ3) is 3.48. The van der Waals surface area contributed by atoms with Gasteiger partial charge in [0.15, 0.2) is 11.2 Å². The monoisotopic (exact) mass is 405 g/mol. The number of nitrogen functional groups attached to an aromatic ring is 1. The molecule has 0 aliphatic rings. The molecule has 9 nitrogen and oxygen atoms in total. The van der Waals surface area contributed by atoms with Crippen molar-refractivity contribution in [2.45, 2.75) is 6.92 Å². The van der Waals surface area contributed by atoms with E-state index in [1.807, 2.05) is 19.1 Å². The zero-order chi connectivity index (χ0) is 21.3. The second-order valence-corrected chi connectivity index (χ2v) is 6.49. The normalized spacial score (nSPS) is 10.9. The van der Waals surface area contributed by atoms with Crippen molar-refractivity contribution in [3.8, 4) is 28.3 Å². The number of hydrogen-bond acceptors (Lipinski definition) is 7. The molecule has 0 amide bonds. The summed E-state index contributed by atoms with van der Waals surface area (Å²) in [6.07, 6.45) is 1.42. The largest absolute Gasteiger partial charge is 0.493 e. The number of ether oxygens (including phenoxy) is 2. The summed E-state index contributed by atoms with van der Waals surface area (Å²) in [6, 6.07) is 10.5. The molecule has 9 heteroatoms. The van der Waals surface area contributed by atoms with Crippen LogP contribution in [0.3, 0.4) is 0 Å². The number of H-pyrrole nitrogens is 2. The van der Waals surface area contributed by atoms with Crippen LogP contribution in [-0.4, -0.2) is 39.6 Å². The number of nitrogens with two attached hydrogens (primary N) is 1. The number of esters is 1. The van der Waals surface area contributed by atoms with Crippen LogP contribution in [0.25, 0.3) is 33.7 Å². The molecule has 2 aromatic carbocycles. The smallest absolute Gasteiger partial charge is 0.337 e. The van der Waals surface area contributed by atoms with Crippen molar-refractivity contribution in [1.29, 1.82) is 0 Å². The average Bonchev–Trinajstić information content (AvgIpc) is 3.22. The van der Waals surface area contributed by atoms with E-state index < -0.39 is 5.97 Å². The van der Waals surface area contributed by atoms with E-state index in [0.29, 0.717) is 40.6 Å². The van der Waals surface area contributed by atoms with Gasteiger partial charge in [0.2, 0.25) is 0 Å². The van der Waals surface area contributed by atoms with E-state index in [-0.39, 0.29) is 11.1 Å². The molecule has 4 aromatic rings. The lowest BCUT2D eigenvalue weighted by atomic mass is 10.00. The lowest BCUT2D eigenvalue weighted by Crippen LogP contribution is -2.10. The van der Waals surface area contributed by atoms with Crippen molar-refractivity contribution in [2.75, 3.05) is 19.5 Å². The molecule has 4 N–H and O–H groups in total. The number of carbonyl (C=O) groups excluding carboxylic acids is 1. The maximum Gasteiger partial charge on any atom is 0.337 e. The van der Waals surface area contributed by atoms with Gasteiger partial charge in [-0.1, -0.05) is 6.07 Å². The van der Waals surface area contributed by atoms with Crippen LogP contribution >= 0.6 is 0 Å². The molecule has 0 aliphatic carbocycles. The van der Waals surface area contributed by atoms with Gasteiger partial charge in [-0.15, -0.1) is 0 Å². The number of benzene rings is 2. The SMILES string of the molecule is CCOc1cc(-c2cc(N)cc(C(=O)OC)c2)ccc1-c1nc2[nH]cnc2c(=O)[nH]1. The van der Waals surface area contributed by atoms with Gasteiger partial charge >= 0.3 is 5.97 Å². The van der Waals surface area contributed by atoms with Gasteiger partial charge in [0, 0.05) is 5.69 Å². The Morgan fingerprint density at radius 2 is 2.00 bits per heavy atom. The van der Waals surface area contributed by atoms with Crippen LogP contribution < -0.4 is 16.0 Å². The van der Waals surface area contributed by atoms with Gasteiger partial charge in [-0.3, -0.25) is 4.79 Å². The van der Waals surface area contributed by atoms with Gasteiger partial charge in [-0.05, 0) is 48.4 Å². The van der Waals surface area contributed by atoms with E-state index in [9.17, 15) is 9.59 Å². The van der Waals surface area contributed by atoms with Gasteiger partial charge < -0.3 is 25.2 Å². The average molecular weight is 405 g/mol. The molecule has 0 bridgehead atoms. The molecule has 2 aromatic heterocycles. The minimum atomic E-state index is -0.472. The molecule has 0 aliphatic heterocycles. The Morgan fingerprint density at radius 1 is 1.17 bits per heavy atom. The Morgan fingerprint density at radius 3 is 2.77 bits per heavy atom. The number of nitrogens with one attached hydrogen (secondary N) is 2. The number of carbonyl (C=O) groups is 1. The minimum Gasteiger partial charge on any atom is -0.493 e. The van der Waals surface area contributed by atoms with Gasteiger partial charge in [0.1, 0.15) is 11.6 Å². The number of methoxy groups -OCH3 is 1. The highest BCUT2D eigenvalue weighted by molar-refractivity contribution is 5.92. The second kappa shape index (κ2) is 7.70. The van der Waals surface area contributed by atoms with E-state index in [1.54, 1.807) is 24.3 Å². The zero-order valence-electron chi connectivity index (χ0n) is 16.4. The molecule has 0 atom stereocenters. The Bertz CT molecular complexity index is 1310. The summed E-state index contributed by atoms with van der Waals surface area (Å²) in [4.78, 5) is 38.2. The zero-order valence-corrected chi connectivity index (χ0v) is 16.4. The Labute approximate surface area is 170 Å². The fourth-order valence-corrected chi connectivity index (χ4v) is 3.20. The maximum absolute atomic E-state index is 12.3. The number of hydrogen-bond donors (Lipinski definition) is 3. The first kappa shape index (κ1) is 19.2. The molecule has 2 heterocycles. The second-order valence-electron chi connectivity index (χ2n) is 6.49. The number of rotatable bonds is 5. The van der Waals surface area contributed by atoms with E-state index in [2.05, 4.69) is 19.9 Å². The Hall–Kier alpha value is -4.14.